The van der Waals surface area contributed by atoms with Gasteiger partial charge in [-0.1, -0.05) is 0 Å². The minimum atomic E-state index is 0. The van der Waals surface area contributed by atoms with Gasteiger partial charge in [-0.2, -0.15) is 0 Å². The van der Waals surface area contributed by atoms with E-state index in [0.29, 0.717) is 0 Å². The Balaban J connectivity index is -0.00000000356. The van der Waals surface area contributed by atoms with Gasteiger partial charge < -0.3 is 11.0 Å². The van der Waals surface area contributed by atoms with Gasteiger partial charge in [0.05, 0.1) is 0 Å². The van der Waals surface area contributed by atoms with Crippen LogP contribution in [0.5, 0.6) is 0 Å². The zero-order valence-electron chi connectivity index (χ0n) is 6.97. The van der Waals surface area contributed by atoms with Crippen LogP contribution in [-0.2, 0) is 32.7 Å². The Hall–Kier alpha value is -0.406. The predicted octanol–water partition coefficient (Wildman–Crippen LogP) is 2.97. The molecule has 0 aliphatic carbocycles. The standard InChI is InChI=1S/4C2H4.2O.Ti/c4*1-2;;;/h4*1-2H2;;;/q;;;;2*-2;+4. The summed E-state index contributed by atoms with van der Waals surface area (Å²) in [6.45, 7) is 24.0. The van der Waals surface area contributed by atoms with Crippen molar-refractivity contribution in [2.75, 3.05) is 0 Å². The SMILES string of the molecule is C=C.C=C.C=C.C=C.[O-2].[O-2].[Ti+4]. The average molecular weight is 192 g/mol. The summed E-state index contributed by atoms with van der Waals surface area (Å²) in [5.41, 5.74) is 0. The zero-order valence-corrected chi connectivity index (χ0v) is 8.53. The molecule has 0 saturated heterocycles. The van der Waals surface area contributed by atoms with E-state index < -0.39 is 0 Å². The van der Waals surface area contributed by atoms with E-state index in [2.05, 4.69) is 52.6 Å². The van der Waals surface area contributed by atoms with Crippen LogP contribution in [0.15, 0.2) is 52.6 Å². The van der Waals surface area contributed by atoms with Gasteiger partial charge in [-0.3, -0.25) is 0 Å². The summed E-state index contributed by atoms with van der Waals surface area (Å²) in [5.74, 6) is 0. The molecule has 3 heteroatoms. The summed E-state index contributed by atoms with van der Waals surface area (Å²) >= 11 is 0. The smallest absolute Gasteiger partial charge is 2.00 e. The molecule has 0 atom stereocenters. The third kappa shape index (κ3) is 3360. The van der Waals surface area contributed by atoms with E-state index in [1.54, 1.807) is 0 Å². The van der Waals surface area contributed by atoms with E-state index in [1.807, 2.05) is 0 Å². The molecule has 11 heavy (non-hydrogen) atoms. The molecular weight excluding hydrogens is 176 g/mol. The Labute approximate surface area is 85.5 Å². The van der Waals surface area contributed by atoms with Crippen LogP contribution in [0.25, 0.3) is 0 Å². The van der Waals surface area contributed by atoms with Gasteiger partial charge >= 0.3 is 21.7 Å². The summed E-state index contributed by atoms with van der Waals surface area (Å²) in [6.07, 6.45) is 0. The average Bonchev–Trinajstić information content (AvgIpc) is 2.03. The molecule has 0 aromatic heterocycles. The molecule has 0 saturated carbocycles. The molecule has 0 bridgehead atoms. The first-order valence-corrected chi connectivity index (χ1v) is 2.00. The summed E-state index contributed by atoms with van der Waals surface area (Å²) < 4.78 is 0. The third-order valence-electron chi connectivity index (χ3n) is 0. The van der Waals surface area contributed by atoms with E-state index in [-0.39, 0.29) is 32.7 Å². The van der Waals surface area contributed by atoms with Crippen LogP contribution in [-0.4, -0.2) is 0 Å². The first kappa shape index (κ1) is 75.5. The van der Waals surface area contributed by atoms with E-state index in [1.165, 1.54) is 0 Å². The first-order chi connectivity index (χ1) is 4.00. The van der Waals surface area contributed by atoms with Crippen LogP contribution in [0.3, 0.4) is 0 Å². The molecule has 0 rings (SSSR count). The summed E-state index contributed by atoms with van der Waals surface area (Å²) in [7, 11) is 0. The fourth-order valence-electron chi connectivity index (χ4n) is 0. The van der Waals surface area contributed by atoms with Gasteiger partial charge in [-0.25, -0.2) is 0 Å². The van der Waals surface area contributed by atoms with Crippen LogP contribution in [0.1, 0.15) is 0 Å². The van der Waals surface area contributed by atoms with Crippen LogP contribution in [0.4, 0.5) is 0 Å². The minimum absolute atomic E-state index is 0. The Kier molecular flexibility index (Phi) is 29500. The van der Waals surface area contributed by atoms with Gasteiger partial charge in [0, 0.05) is 0 Å². The normalized spacial score (nSPS) is 1.45. The minimum Gasteiger partial charge on any atom is -2.00 e. The maximum atomic E-state index is 3.00. The number of hydrogen-bond acceptors (Lipinski definition) is 0. The van der Waals surface area contributed by atoms with E-state index in [4.69, 9.17) is 0 Å². The van der Waals surface area contributed by atoms with Crippen LogP contribution in [0.2, 0.25) is 0 Å². The van der Waals surface area contributed by atoms with E-state index >= 15 is 0 Å². The Bertz CT molecular complexity index is 20.1. The van der Waals surface area contributed by atoms with Crippen LogP contribution >= 0.6 is 0 Å². The topological polar surface area (TPSA) is 57.0 Å². The fourth-order valence-corrected chi connectivity index (χ4v) is 0. The molecule has 0 aromatic rings. The monoisotopic (exact) mass is 192 g/mol. The number of hydrogen-bond donors (Lipinski definition) is 0. The van der Waals surface area contributed by atoms with Crippen molar-refractivity contribution in [2.24, 2.45) is 0 Å². The van der Waals surface area contributed by atoms with E-state index in [9.17, 15) is 0 Å². The van der Waals surface area contributed by atoms with E-state index in [0.717, 1.165) is 0 Å². The molecule has 0 amide bonds. The molecule has 0 N–H and O–H groups in total. The summed E-state index contributed by atoms with van der Waals surface area (Å²) in [6, 6.07) is 0. The Morgan fingerprint density at radius 2 is 0.364 bits per heavy atom. The molecule has 0 spiro atoms. The molecule has 0 aliphatic heterocycles. The maximum Gasteiger partial charge on any atom is 4.00 e. The second-order valence-corrected chi connectivity index (χ2v) is 0. The van der Waals surface area contributed by atoms with Crippen molar-refractivity contribution in [2.45, 2.75) is 0 Å². The fraction of sp³-hybridized carbons (Fsp3) is 0. The molecule has 0 unspecified atom stereocenters. The van der Waals surface area contributed by atoms with Gasteiger partial charge in [0.25, 0.3) is 0 Å². The summed E-state index contributed by atoms with van der Waals surface area (Å²) in [4.78, 5) is 0. The molecule has 0 aliphatic rings. The van der Waals surface area contributed by atoms with Gasteiger partial charge in [0.15, 0.2) is 0 Å². The molecule has 64 valence electrons. The molecule has 0 aromatic carbocycles. The van der Waals surface area contributed by atoms with Gasteiger partial charge in [0.1, 0.15) is 0 Å². The van der Waals surface area contributed by atoms with Crippen molar-refractivity contribution in [3.05, 3.63) is 52.6 Å². The van der Waals surface area contributed by atoms with Gasteiger partial charge in [-0.15, -0.1) is 52.6 Å². The van der Waals surface area contributed by atoms with Crippen LogP contribution < -0.4 is 0 Å². The van der Waals surface area contributed by atoms with Gasteiger partial charge in [-0.05, 0) is 0 Å². The number of rotatable bonds is 0. The zero-order chi connectivity index (χ0) is 8.00. The molecule has 0 heterocycles. The first-order valence-electron chi connectivity index (χ1n) is 2.00. The van der Waals surface area contributed by atoms with Crippen molar-refractivity contribution >= 4 is 0 Å². The van der Waals surface area contributed by atoms with Crippen molar-refractivity contribution in [1.29, 1.82) is 0 Å². The molecular formula is C8H16O2Ti. The van der Waals surface area contributed by atoms with Crippen molar-refractivity contribution in [3.8, 4) is 0 Å². The van der Waals surface area contributed by atoms with Crippen molar-refractivity contribution in [3.63, 3.8) is 0 Å². The summed E-state index contributed by atoms with van der Waals surface area (Å²) in [5, 5.41) is 0. The molecule has 0 radical (unpaired) electrons. The third-order valence-corrected chi connectivity index (χ3v) is 0. The largest absolute Gasteiger partial charge is 4.00 e. The molecule has 0 fully saturated rings. The quantitative estimate of drug-likeness (QED) is 0.418. The van der Waals surface area contributed by atoms with Crippen LogP contribution in [0, 0.1) is 0 Å². The Morgan fingerprint density at radius 3 is 0.364 bits per heavy atom. The van der Waals surface area contributed by atoms with Crippen molar-refractivity contribution < 1.29 is 32.7 Å². The van der Waals surface area contributed by atoms with Crippen molar-refractivity contribution in [1.82, 2.24) is 0 Å². The molecule has 2 nitrogen and oxygen atoms in total. The second-order valence-electron chi connectivity index (χ2n) is 0. The van der Waals surface area contributed by atoms with Gasteiger partial charge in [0.2, 0.25) is 0 Å². The predicted molar refractivity (Wildman–Crippen MR) is 46.4 cm³/mol. The second kappa shape index (κ2) is 4310. The Morgan fingerprint density at radius 1 is 0.364 bits per heavy atom. The maximum absolute atomic E-state index is 3.00.